The molecule has 460 valence electrons. The van der Waals surface area contributed by atoms with Crippen molar-refractivity contribution in [2.45, 2.75) is 89.6 Å². The standard InChI is InChI=1S/C74H74O15/c1-9-55(86-69(77)37-35-67(75)84-43-49-41-73(51-19-27-57(79-5)28-20-51,52-21-29-58(80-6)30-22-52)88-71-63-17-13-11-15-61(63)47(3)39-65(49)71)45-83-46-56(10-2)87-70(78)38-36-68(76)85-44-50-42-74(53-23-31-59(81-7)32-24-53,54-25-33-60(82-8)34-26-54)89-72-64-18-14-12-16-62(64)48(4)40-66(50)72/h11-34,39-42,55-56H,9-10,35-38,43-46H2,1-8H3. The summed E-state index contributed by atoms with van der Waals surface area (Å²) in [6.07, 6.45) is 2.70. The van der Waals surface area contributed by atoms with E-state index in [-0.39, 0.29) is 52.1 Å². The second-order valence-corrected chi connectivity index (χ2v) is 22.1. The number of benzene rings is 8. The summed E-state index contributed by atoms with van der Waals surface area (Å²) in [6, 6.07) is 50.9. The number of carbonyl (C=O) groups is 4. The SMILES string of the molecule is CCC(COCC(CC)OC(=O)CCC(=O)OCC1=CC(c2ccc(OC)cc2)(c2ccc(OC)cc2)Oc2c1cc(C)c1ccccc21)OC(=O)CCC(=O)OCC1=CC(c2ccc(OC)cc2)(c2ccc(OC)cc2)Oc2c1cc(C)c1ccccc21. The number of esters is 4. The first kappa shape index (κ1) is 62.5. The molecule has 2 aliphatic rings. The molecule has 2 unspecified atom stereocenters. The highest BCUT2D eigenvalue weighted by Gasteiger charge is 2.42. The van der Waals surface area contributed by atoms with Crippen LogP contribution < -0.4 is 28.4 Å². The number of hydrogen-bond acceptors (Lipinski definition) is 15. The molecular weight excluding hydrogens is 1130 g/mol. The molecule has 0 radical (unpaired) electrons. The molecule has 0 saturated heterocycles. The summed E-state index contributed by atoms with van der Waals surface area (Å²) in [4.78, 5) is 53.6. The van der Waals surface area contributed by atoms with Crippen molar-refractivity contribution >= 4 is 56.6 Å². The molecule has 8 aromatic rings. The fourth-order valence-corrected chi connectivity index (χ4v) is 11.4. The summed E-state index contributed by atoms with van der Waals surface area (Å²) in [7, 11) is 6.46. The highest BCUT2D eigenvalue weighted by molar-refractivity contribution is 5.99. The van der Waals surface area contributed by atoms with Crippen molar-refractivity contribution in [3.8, 4) is 34.5 Å². The van der Waals surface area contributed by atoms with Gasteiger partial charge in [-0.2, -0.15) is 0 Å². The summed E-state index contributed by atoms with van der Waals surface area (Å²) in [5.74, 6) is 1.67. The average molecular weight is 1200 g/mol. The lowest BCUT2D eigenvalue weighted by molar-refractivity contribution is -0.159. The Hall–Kier alpha value is -9.60. The molecule has 2 atom stereocenters. The first-order valence-corrected chi connectivity index (χ1v) is 29.9. The van der Waals surface area contributed by atoms with Crippen molar-refractivity contribution in [2.75, 3.05) is 54.9 Å². The molecule has 0 spiro atoms. The van der Waals surface area contributed by atoms with Crippen LogP contribution in [0.5, 0.6) is 34.5 Å². The van der Waals surface area contributed by atoms with Gasteiger partial charge >= 0.3 is 23.9 Å². The molecule has 8 aromatic carbocycles. The van der Waals surface area contributed by atoms with Gasteiger partial charge in [-0.1, -0.05) is 111 Å². The van der Waals surface area contributed by atoms with E-state index >= 15 is 0 Å². The molecule has 15 nitrogen and oxygen atoms in total. The lowest BCUT2D eigenvalue weighted by Crippen LogP contribution is -2.36. The molecule has 2 heterocycles. The summed E-state index contributed by atoms with van der Waals surface area (Å²) in [6.45, 7) is 7.63. The van der Waals surface area contributed by atoms with Crippen LogP contribution in [0.15, 0.2) is 170 Å². The van der Waals surface area contributed by atoms with Crippen molar-refractivity contribution < 1.29 is 71.3 Å². The molecule has 89 heavy (non-hydrogen) atoms. The van der Waals surface area contributed by atoms with Gasteiger partial charge in [-0.15, -0.1) is 0 Å². The van der Waals surface area contributed by atoms with Gasteiger partial charge in [-0.05, 0) is 121 Å². The van der Waals surface area contributed by atoms with Crippen molar-refractivity contribution in [1.82, 2.24) is 0 Å². The van der Waals surface area contributed by atoms with Crippen LogP contribution in [0.2, 0.25) is 0 Å². The van der Waals surface area contributed by atoms with Gasteiger partial charge in [0.05, 0.1) is 67.3 Å². The summed E-state index contributed by atoms with van der Waals surface area (Å²) >= 11 is 0. The maximum atomic E-state index is 13.5. The van der Waals surface area contributed by atoms with Gasteiger partial charge in [-0.25, -0.2) is 0 Å². The molecule has 0 amide bonds. The maximum absolute atomic E-state index is 13.5. The minimum atomic E-state index is -1.16. The zero-order valence-electron chi connectivity index (χ0n) is 51.5. The molecule has 15 heteroatoms. The van der Waals surface area contributed by atoms with Gasteiger partial charge in [0.25, 0.3) is 0 Å². The number of methoxy groups -OCH3 is 4. The van der Waals surface area contributed by atoms with Gasteiger partial charge in [0, 0.05) is 55.3 Å². The monoisotopic (exact) mass is 1200 g/mol. The predicted octanol–water partition coefficient (Wildman–Crippen LogP) is 14.1. The highest BCUT2D eigenvalue weighted by Crippen LogP contribution is 2.51. The Labute approximate surface area is 519 Å². The zero-order valence-corrected chi connectivity index (χ0v) is 51.5. The Bertz CT molecular complexity index is 3550. The summed E-state index contributed by atoms with van der Waals surface area (Å²) in [5.41, 5.74) is 6.02. The van der Waals surface area contributed by atoms with E-state index < -0.39 is 47.3 Å². The van der Waals surface area contributed by atoms with E-state index in [4.69, 9.17) is 52.1 Å². The number of ether oxygens (including phenoxy) is 11. The third-order valence-electron chi connectivity index (χ3n) is 16.4. The molecule has 0 aromatic heterocycles. The lowest BCUT2D eigenvalue weighted by Gasteiger charge is -2.39. The second kappa shape index (κ2) is 28.0. The van der Waals surface area contributed by atoms with Gasteiger partial charge in [0.1, 0.15) is 59.9 Å². The van der Waals surface area contributed by atoms with Gasteiger partial charge in [0.15, 0.2) is 11.2 Å². The molecule has 2 aliphatic heterocycles. The quantitative estimate of drug-likeness (QED) is 0.0370. The zero-order chi connectivity index (χ0) is 62.7. The van der Waals surface area contributed by atoms with Gasteiger partial charge < -0.3 is 52.1 Å². The first-order chi connectivity index (χ1) is 43.2. The van der Waals surface area contributed by atoms with Crippen LogP contribution in [0.25, 0.3) is 32.7 Å². The third kappa shape index (κ3) is 13.8. The largest absolute Gasteiger partial charge is 0.497 e. The van der Waals surface area contributed by atoms with Crippen LogP contribution in [0.1, 0.15) is 96.9 Å². The lowest BCUT2D eigenvalue weighted by atomic mass is 9.80. The van der Waals surface area contributed by atoms with Crippen molar-refractivity contribution in [3.63, 3.8) is 0 Å². The highest BCUT2D eigenvalue weighted by atomic mass is 16.6. The molecule has 0 fully saturated rings. The molecule has 0 aliphatic carbocycles. The fourth-order valence-electron chi connectivity index (χ4n) is 11.4. The van der Waals surface area contributed by atoms with E-state index in [1.54, 1.807) is 28.4 Å². The molecule has 0 N–H and O–H groups in total. The summed E-state index contributed by atoms with van der Waals surface area (Å²) < 4.78 is 65.9. The molecule has 0 bridgehead atoms. The fraction of sp³-hybridized carbons (Fsp3) is 0.297. The third-order valence-corrected chi connectivity index (χ3v) is 16.4. The van der Waals surface area contributed by atoms with Crippen LogP contribution in [-0.4, -0.2) is 91.0 Å². The summed E-state index contributed by atoms with van der Waals surface area (Å²) in [5, 5.41) is 3.86. The molecule has 0 saturated carbocycles. The van der Waals surface area contributed by atoms with E-state index in [0.717, 1.165) is 77.2 Å². The number of hydrogen-bond donors (Lipinski definition) is 0. The van der Waals surface area contributed by atoms with Crippen LogP contribution in [-0.2, 0) is 54.1 Å². The van der Waals surface area contributed by atoms with Crippen molar-refractivity contribution in [1.29, 1.82) is 0 Å². The van der Waals surface area contributed by atoms with Gasteiger partial charge in [0.2, 0.25) is 0 Å². The first-order valence-electron chi connectivity index (χ1n) is 29.9. The average Bonchev–Trinajstić information content (AvgIpc) is 0.761. The topological polar surface area (TPSA) is 170 Å². The minimum Gasteiger partial charge on any atom is -0.497 e. The number of fused-ring (bicyclic) bond motifs is 6. The Morgan fingerprint density at radius 1 is 0.416 bits per heavy atom. The Morgan fingerprint density at radius 2 is 0.719 bits per heavy atom. The smallest absolute Gasteiger partial charge is 0.306 e. The Kier molecular flexibility index (Phi) is 19.7. The van der Waals surface area contributed by atoms with Crippen LogP contribution >= 0.6 is 0 Å². The van der Waals surface area contributed by atoms with Gasteiger partial charge in [-0.3, -0.25) is 19.2 Å². The van der Waals surface area contributed by atoms with Crippen LogP contribution in [0.3, 0.4) is 0 Å². The van der Waals surface area contributed by atoms with E-state index in [1.165, 1.54) is 0 Å². The molecular formula is C74H74O15. The van der Waals surface area contributed by atoms with Crippen molar-refractivity contribution in [3.05, 3.63) is 214 Å². The number of rotatable bonds is 26. The van der Waals surface area contributed by atoms with E-state index in [0.29, 0.717) is 47.3 Å². The maximum Gasteiger partial charge on any atom is 0.306 e. The van der Waals surface area contributed by atoms with E-state index in [1.807, 2.05) is 185 Å². The van der Waals surface area contributed by atoms with Crippen LogP contribution in [0, 0.1) is 13.8 Å². The number of carbonyl (C=O) groups excluding carboxylic acids is 4. The molecule has 10 rings (SSSR count). The van der Waals surface area contributed by atoms with E-state index in [9.17, 15) is 19.2 Å². The van der Waals surface area contributed by atoms with Crippen molar-refractivity contribution in [2.24, 2.45) is 0 Å². The van der Waals surface area contributed by atoms with E-state index in [2.05, 4.69) is 12.1 Å². The van der Waals surface area contributed by atoms with Crippen LogP contribution in [0.4, 0.5) is 0 Å². The number of aryl methyl sites for hydroxylation is 2. The normalized spacial score (nSPS) is 14.2. The Balaban J connectivity index is 0.732. The minimum absolute atomic E-state index is 0.0263. The second-order valence-electron chi connectivity index (χ2n) is 22.1. The Morgan fingerprint density at radius 3 is 1.02 bits per heavy atom. The predicted molar refractivity (Wildman–Crippen MR) is 340 cm³/mol.